The first-order valence-electron chi connectivity index (χ1n) is 7.71. The van der Waals surface area contributed by atoms with Gasteiger partial charge in [-0.25, -0.2) is 4.98 Å². The number of carbonyl (C=O) groups is 1. The van der Waals surface area contributed by atoms with Crippen LogP contribution in [0.5, 0.6) is 0 Å². The Bertz CT molecular complexity index is 665. The number of nitrogens with one attached hydrogen (secondary N) is 1. The number of amides is 1. The second-order valence-corrected chi connectivity index (χ2v) is 5.70. The van der Waals surface area contributed by atoms with E-state index in [4.69, 9.17) is 5.73 Å². The van der Waals surface area contributed by atoms with Crippen molar-refractivity contribution in [1.29, 1.82) is 0 Å². The molecule has 2 aromatic heterocycles. The molecule has 0 unspecified atom stereocenters. The van der Waals surface area contributed by atoms with Crippen molar-refractivity contribution in [2.45, 2.75) is 38.1 Å². The maximum Gasteiger partial charge on any atom is 0.248 e. The van der Waals surface area contributed by atoms with Crippen LogP contribution in [0.4, 0.5) is 5.82 Å². The van der Waals surface area contributed by atoms with E-state index in [0.717, 1.165) is 17.1 Å². The summed E-state index contributed by atoms with van der Waals surface area (Å²) in [6.07, 6.45) is 9.64. The van der Waals surface area contributed by atoms with Crippen LogP contribution in [0.3, 0.4) is 0 Å². The van der Waals surface area contributed by atoms with Crippen LogP contribution in [-0.4, -0.2) is 21.9 Å². The first kappa shape index (κ1) is 14.5. The standard InChI is InChI=1S/C17H20N4O/c18-17(22)13-7-8-19-15(10-13)12-6-9-20-16(11-12)21-14-4-2-1-3-5-14/h6-11,14H,1-5H2,(H2,18,22)(H,20,21). The fraction of sp³-hybridized carbons (Fsp3) is 0.353. The van der Waals surface area contributed by atoms with Gasteiger partial charge in [-0.05, 0) is 37.1 Å². The average Bonchev–Trinajstić information content (AvgIpc) is 2.56. The zero-order chi connectivity index (χ0) is 15.4. The van der Waals surface area contributed by atoms with Gasteiger partial charge >= 0.3 is 0 Å². The summed E-state index contributed by atoms with van der Waals surface area (Å²) in [6.45, 7) is 0. The fourth-order valence-corrected chi connectivity index (χ4v) is 2.87. The Morgan fingerprint density at radius 3 is 2.64 bits per heavy atom. The average molecular weight is 296 g/mol. The van der Waals surface area contributed by atoms with E-state index in [0.29, 0.717) is 11.6 Å². The van der Waals surface area contributed by atoms with Crippen molar-refractivity contribution in [3.8, 4) is 11.3 Å². The third-order valence-electron chi connectivity index (χ3n) is 4.06. The SMILES string of the molecule is NC(=O)c1ccnc(-c2ccnc(NC3CCCCC3)c2)c1. The molecule has 3 N–H and O–H groups in total. The molecule has 2 aromatic rings. The third-order valence-corrected chi connectivity index (χ3v) is 4.06. The highest BCUT2D eigenvalue weighted by Crippen LogP contribution is 2.24. The predicted octanol–water partition coefficient (Wildman–Crippen LogP) is 2.99. The second-order valence-electron chi connectivity index (χ2n) is 5.70. The van der Waals surface area contributed by atoms with E-state index in [-0.39, 0.29) is 0 Å². The number of nitrogens with zero attached hydrogens (tertiary/aromatic N) is 2. The van der Waals surface area contributed by atoms with Gasteiger partial charge in [0.05, 0.1) is 5.69 Å². The predicted molar refractivity (Wildman–Crippen MR) is 86.5 cm³/mol. The van der Waals surface area contributed by atoms with Crippen LogP contribution in [0, 0.1) is 0 Å². The maximum atomic E-state index is 11.3. The summed E-state index contributed by atoms with van der Waals surface area (Å²) in [5.41, 5.74) is 7.44. The largest absolute Gasteiger partial charge is 0.367 e. The molecule has 0 spiro atoms. The quantitative estimate of drug-likeness (QED) is 0.908. The lowest BCUT2D eigenvalue weighted by Crippen LogP contribution is -2.22. The van der Waals surface area contributed by atoms with Crippen LogP contribution in [0.25, 0.3) is 11.3 Å². The van der Waals surface area contributed by atoms with Gasteiger partial charge in [-0.3, -0.25) is 9.78 Å². The van der Waals surface area contributed by atoms with E-state index in [1.165, 1.54) is 32.1 Å². The number of nitrogens with two attached hydrogens (primary N) is 1. The Hall–Kier alpha value is -2.43. The molecule has 22 heavy (non-hydrogen) atoms. The van der Waals surface area contributed by atoms with Gasteiger partial charge in [0.15, 0.2) is 0 Å². The number of hydrogen-bond donors (Lipinski definition) is 2. The lowest BCUT2D eigenvalue weighted by Gasteiger charge is -2.23. The van der Waals surface area contributed by atoms with E-state index in [2.05, 4.69) is 15.3 Å². The molecule has 1 aliphatic rings. The summed E-state index contributed by atoms with van der Waals surface area (Å²) in [6, 6.07) is 7.69. The molecule has 0 aliphatic heterocycles. The van der Waals surface area contributed by atoms with Gasteiger partial charge in [0.25, 0.3) is 0 Å². The molecule has 0 saturated heterocycles. The zero-order valence-electron chi connectivity index (χ0n) is 12.5. The Balaban J connectivity index is 1.81. The number of carbonyl (C=O) groups excluding carboxylic acids is 1. The lowest BCUT2D eigenvalue weighted by atomic mass is 9.95. The maximum absolute atomic E-state index is 11.3. The molecule has 0 atom stereocenters. The first-order chi connectivity index (χ1) is 10.7. The Kier molecular flexibility index (Phi) is 4.32. The minimum absolute atomic E-state index is 0.446. The van der Waals surface area contributed by atoms with Crippen molar-refractivity contribution in [3.05, 3.63) is 42.2 Å². The molecule has 0 radical (unpaired) electrons. The van der Waals surface area contributed by atoms with Crippen molar-refractivity contribution in [3.63, 3.8) is 0 Å². The Labute approximate surface area is 130 Å². The van der Waals surface area contributed by atoms with Gasteiger partial charge in [0.1, 0.15) is 5.82 Å². The van der Waals surface area contributed by atoms with E-state index in [1.807, 2.05) is 12.1 Å². The molecule has 114 valence electrons. The Morgan fingerprint density at radius 1 is 1.09 bits per heavy atom. The van der Waals surface area contributed by atoms with Gasteiger partial charge in [0.2, 0.25) is 5.91 Å². The van der Waals surface area contributed by atoms with Gasteiger partial charge in [0, 0.05) is 29.6 Å². The monoisotopic (exact) mass is 296 g/mol. The number of rotatable bonds is 4. The molecule has 2 heterocycles. The van der Waals surface area contributed by atoms with Crippen LogP contribution in [0.1, 0.15) is 42.5 Å². The summed E-state index contributed by atoms with van der Waals surface area (Å²) in [5.74, 6) is 0.411. The van der Waals surface area contributed by atoms with E-state index in [9.17, 15) is 4.79 Å². The minimum Gasteiger partial charge on any atom is -0.367 e. The molecular weight excluding hydrogens is 276 g/mol. The van der Waals surface area contributed by atoms with Gasteiger partial charge in [-0.2, -0.15) is 0 Å². The summed E-state index contributed by atoms with van der Waals surface area (Å²) in [4.78, 5) is 20.0. The molecule has 5 nitrogen and oxygen atoms in total. The number of anilines is 1. The van der Waals surface area contributed by atoms with Crippen LogP contribution in [-0.2, 0) is 0 Å². The number of hydrogen-bond acceptors (Lipinski definition) is 4. The van der Waals surface area contributed by atoms with Gasteiger partial charge < -0.3 is 11.1 Å². The molecule has 1 saturated carbocycles. The minimum atomic E-state index is -0.446. The van der Waals surface area contributed by atoms with Crippen molar-refractivity contribution in [2.24, 2.45) is 5.73 Å². The molecule has 1 amide bonds. The molecule has 1 aliphatic carbocycles. The van der Waals surface area contributed by atoms with Crippen LogP contribution < -0.4 is 11.1 Å². The van der Waals surface area contributed by atoms with E-state index in [1.54, 1.807) is 24.5 Å². The summed E-state index contributed by atoms with van der Waals surface area (Å²) in [5, 5.41) is 3.50. The van der Waals surface area contributed by atoms with Crippen molar-refractivity contribution in [2.75, 3.05) is 5.32 Å². The van der Waals surface area contributed by atoms with Crippen molar-refractivity contribution >= 4 is 11.7 Å². The number of primary amides is 1. The van der Waals surface area contributed by atoms with Crippen LogP contribution >= 0.6 is 0 Å². The number of aromatic nitrogens is 2. The van der Waals surface area contributed by atoms with E-state index < -0.39 is 5.91 Å². The van der Waals surface area contributed by atoms with Crippen molar-refractivity contribution in [1.82, 2.24) is 9.97 Å². The zero-order valence-corrected chi connectivity index (χ0v) is 12.5. The highest BCUT2D eigenvalue weighted by molar-refractivity contribution is 5.93. The van der Waals surface area contributed by atoms with Gasteiger partial charge in [-0.15, -0.1) is 0 Å². The molecule has 0 aromatic carbocycles. The Morgan fingerprint density at radius 2 is 1.86 bits per heavy atom. The summed E-state index contributed by atoms with van der Waals surface area (Å²) < 4.78 is 0. The second kappa shape index (κ2) is 6.56. The molecule has 5 heteroatoms. The highest BCUT2D eigenvalue weighted by atomic mass is 16.1. The van der Waals surface area contributed by atoms with Crippen LogP contribution in [0.2, 0.25) is 0 Å². The normalized spacial score (nSPS) is 15.5. The van der Waals surface area contributed by atoms with Crippen molar-refractivity contribution < 1.29 is 4.79 Å². The first-order valence-corrected chi connectivity index (χ1v) is 7.71. The summed E-state index contributed by atoms with van der Waals surface area (Å²) >= 11 is 0. The molecule has 3 rings (SSSR count). The fourth-order valence-electron chi connectivity index (χ4n) is 2.87. The molecular formula is C17H20N4O. The highest BCUT2D eigenvalue weighted by Gasteiger charge is 2.14. The molecule has 0 bridgehead atoms. The molecule has 1 fully saturated rings. The lowest BCUT2D eigenvalue weighted by molar-refractivity contribution is 0.1000. The summed E-state index contributed by atoms with van der Waals surface area (Å²) in [7, 11) is 0. The van der Waals surface area contributed by atoms with Crippen LogP contribution in [0.15, 0.2) is 36.7 Å². The van der Waals surface area contributed by atoms with E-state index >= 15 is 0 Å². The smallest absolute Gasteiger partial charge is 0.248 e. The third kappa shape index (κ3) is 3.42. The topological polar surface area (TPSA) is 80.9 Å². The number of pyridine rings is 2. The van der Waals surface area contributed by atoms with Gasteiger partial charge in [-0.1, -0.05) is 19.3 Å².